The van der Waals surface area contributed by atoms with Crippen molar-refractivity contribution in [2.45, 2.75) is 31.5 Å². The van der Waals surface area contributed by atoms with Crippen molar-refractivity contribution in [2.24, 2.45) is 0 Å². The number of sulfone groups is 1. The van der Waals surface area contributed by atoms with Crippen molar-refractivity contribution in [2.75, 3.05) is 18.6 Å². The molecule has 1 rings (SSSR count). The van der Waals surface area contributed by atoms with E-state index in [1.165, 1.54) is 6.92 Å². The largest absolute Gasteiger partial charge is 0.480 e. The van der Waals surface area contributed by atoms with Gasteiger partial charge in [-0.05, 0) is 6.92 Å². The molecule has 110 valence electrons. The van der Waals surface area contributed by atoms with Gasteiger partial charge in [0.1, 0.15) is 15.9 Å². The van der Waals surface area contributed by atoms with E-state index in [4.69, 9.17) is 5.11 Å². The maximum absolute atomic E-state index is 11.8. The van der Waals surface area contributed by atoms with Gasteiger partial charge >= 0.3 is 12.0 Å². The average Bonchev–Trinajstić information content (AvgIpc) is 2.57. The molecule has 8 nitrogen and oxygen atoms in total. The molecule has 0 aromatic rings. The minimum Gasteiger partial charge on any atom is -0.480 e. The zero-order valence-electron chi connectivity index (χ0n) is 10.7. The number of hydrogen-bond donors (Lipinski definition) is 3. The van der Waals surface area contributed by atoms with E-state index in [1.807, 2.05) is 0 Å². The first-order valence-electron chi connectivity index (χ1n) is 5.76. The Balaban J connectivity index is 2.64. The first kappa shape index (κ1) is 15.7. The van der Waals surface area contributed by atoms with Gasteiger partial charge in [0.2, 0.25) is 0 Å². The number of rotatable bonds is 4. The summed E-state index contributed by atoms with van der Waals surface area (Å²) in [6.45, 7) is 1.44. The molecule has 0 radical (unpaired) electrons. The maximum atomic E-state index is 11.8. The molecule has 0 aliphatic carbocycles. The minimum atomic E-state index is -3.23. The number of nitrogens with zero attached hydrogens (tertiary/aromatic N) is 1. The predicted octanol–water partition coefficient (Wildman–Crippen LogP) is -1.35. The number of aliphatic hydroxyl groups excluding tert-OH is 1. The molecule has 19 heavy (non-hydrogen) atoms. The number of carbonyl (C=O) groups excluding carboxylic acids is 1. The van der Waals surface area contributed by atoms with Gasteiger partial charge in [-0.3, -0.25) is 0 Å². The van der Waals surface area contributed by atoms with Crippen molar-refractivity contribution in [1.29, 1.82) is 0 Å². The molecule has 3 atom stereocenters. The maximum Gasteiger partial charge on any atom is 0.326 e. The van der Waals surface area contributed by atoms with Gasteiger partial charge in [-0.25, -0.2) is 18.0 Å². The number of nitrogens with one attached hydrogen (secondary N) is 1. The minimum absolute atomic E-state index is 0.0246. The van der Waals surface area contributed by atoms with Crippen molar-refractivity contribution in [3.8, 4) is 0 Å². The van der Waals surface area contributed by atoms with Gasteiger partial charge in [0.25, 0.3) is 0 Å². The van der Waals surface area contributed by atoms with Crippen LogP contribution in [0.1, 0.15) is 13.3 Å². The third kappa shape index (κ3) is 4.67. The summed E-state index contributed by atoms with van der Waals surface area (Å²) in [7, 11) is -3.23. The highest BCUT2D eigenvalue weighted by Gasteiger charge is 2.39. The van der Waals surface area contributed by atoms with E-state index in [-0.39, 0.29) is 18.7 Å². The number of urea groups is 1. The third-order valence-corrected chi connectivity index (χ3v) is 3.85. The Labute approximate surface area is 111 Å². The van der Waals surface area contributed by atoms with Gasteiger partial charge in [-0.15, -0.1) is 0 Å². The van der Waals surface area contributed by atoms with Crippen LogP contribution in [-0.4, -0.2) is 72.3 Å². The lowest BCUT2D eigenvalue weighted by molar-refractivity contribution is -0.141. The molecule has 1 saturated heterocycles. The second-order valence-corrected chi connectivity index (χ2v) is 7.02. The molecule has 2 amide bonds. The van der Waals surface area contributed by atoms with E-state index in [2.05, 4.69) is 5.32 Å². The topological polar surface area (TPSA) is 124 Å². The fourth-order valence-electron chi connectivity index (χ4n) is 2.06. The highest BCUT2D eigenvalue weighted by Crippen LogP contribution is 2.18. The summed E-state index contributed by atoms with van der Waals surface area (Å²) < 4.78 is 22.1. The second-order valence-electron chi connectivity index (χ2n) is 4.84. The van der Waals surface area contributed by atoms with Crippen LogP contribution >= 0.6 is 0 Å². The van der Waals surface area contributed by atoms with Gasteiger partial charge in [0.05, 0.1) is 11.9 Å². The fraction of sp³-hybridized carbons (Fsp3) is 0.800. The summed E-state index contributed by atoms with van der Waals surface area (Å²) in [4.78, 5) is 23.8. The molecule has 0 aromatic heterocycles. The van der Waals surface area contributed by atoms with Crippen LogP contribution in [0.15, 0.2) is 0 Å². The normalized spacial score (nSPS) is 25.1. The van der Waals surface area contributed by atoms with Gasteiger partial charge in [0, 0.05) is 25.3 Å². The Kier molecular flexibility index (Phi) is 4.75. The van der Waals surface area contributed by atoms with Crippen LogP contribution in [0.5, 0.6) is 0 Å². The first-order valence-corrected chi connectivity index (χ1v) is 7.82. The summed E-state index contributed by atoms with van der Waals surface area (Å²) in [5.41, 5.74) is 0. The van der Waals surface area contributed by atoms with Crippen molar-refractivity contribution >= 4 is 21.8 Å². The third-order valence-electron chi connectivity index (χ3n) is 2.75. The zero-order valence-corrected chi connectivity index (χ0v) is 11.6. The molecule has 3 N–H and O–H groups in total. The second kappa shape index (κ2) is 5.74. The van der Waals surface area contributed by atoms with Crippen molar-refractivity contribution in [3.63, 3.8) is 0 Å². The Bertz CT molecular complexity index is 463. The van der Waals surface area contributed by atoms with Gasteiger partial charge < -0.3 is 20.4 Å². The van der Waals surface area contributed by atoms with E-state index in [0.717, 1.165) is 11.2 Å². The summed E-state index contributed by atoms with van der Waals surface area (Å²) in [6.07, 6.45) is 0.149. The van der Waals surface area contributed by atoms with E-state index >= 15 is 0 Å². The van der Waals surface area contributed by atoms with E-state index in [0.29, 0.717) is 0 Å². The Morgan fingerprint density at radius 3 is 2.53 bits per heavy atom. The molecular weight excluding hydrogens is 276 g/mol. The number of aliphatic carboxylic acids is 1. The van der Waals surface area contributed by atoms with Gasteiger partial charge in [-0.1, -0.05) is 0 Å². The standard InChI is InChI=1S/C10H18N2O6S/c1-6(5-19(2,17)18)11-10(16)12-4-7(13)3-8(12)9(14)15/h6-8,13H,3-5H2,1-2H3,(H,11,16)(H,14,15)/t6?,7-,8+/m1/s1. The Hall–Kier alpha value is -1.35. The van der Waals surface area contributed by atoms with Crippen LogP contribution in [0.3, 0.4) is 0 Å². The Morgan fingerprint density at radius 2 is 2.05 bits per heavy atom. The lowest BCUT2D eigenvalue weighted by Crippen LogP contribution is -2.49. The fourth-order valence-corrected chi connectivity index (χ4v) is 3.05. The van der Waals surface area contributed by atoms with Crippen LogP contribution < -0.4 is 5.32 Å². The van der Waals surface area contributed by atoms with E-state index in [1.54, 1.807) is 0 Å². The number of amides is 2. The van der Waals surface area contributed by atoms with E-state index in [9.17, 15) is 23.1 Å². The molecule has 0 aromatic carbocycles. The average molecular weight is 294 g/mol. The molecular formula is C10H18N2O6S. The number of aliphatic hydroxyl groups is 1. The highest BCUT2D eigenvalue weighted by molar-refractivity contribution is 7.90. The highest BCUT2D eigenvalue weighted by atomic mass is 32.2. The molecule has 1 aliphatic rings. The summed E-state index contributed by atoms with van der Waals surface area (Å²) >= 11 is 0. The van der Waals surface area contributed by atoms with Crippen LogP contribution in [0, 0.1) is 0 Å². The molecule has 1 unspecified atom stereocenters. The number of likely N-dealkylation sites (tertiary alicyclic amines) is 1. The van der Waals surface area contributed by atoms with Crippen LogP contribution in [0.2, 0.25) is 0 Å². The van der Waals surface area contributed by atoms with Gasteiger partial charge in [0.15, 0.2) is 0 Å². The number of β-amino-alcohol motifs (C(OH)–C–C–N with tert-alkyl or cyclic N) is 1. The molecule has 1 heterocycles. The van der Waals surface area contributed by atoms with E-state index < -0.39 is 40.0 Å². The molecule has 1 fully saturated rings. The summed E-state index contributed by atoms with van der Waals surface area (Å²) in [5.74, 6) is -1.42. The monoisotopic (exact) mass is 294 g/mol. The van der Waals surface area contributed by atoms with Crippen molar-refractivity contribution < 1.29 is 28.2 Å². The number of carboxylic acid groups (broad SMARTS) is 1. The number of hydrogen-bond acceptors (Lipinski definition) is 5. The number of carboxylic acids is 1. The van der Waals surface area contributed by atoms with Crippen LogP contribution in [-0.2, 0) is 14.6 Å². The molecule has 9 heteroatoms. The lowest BCUT2D eigenvalue weighted by atomic mass is 10.2. The molecule has 1 aliphatic heterocycles. The summed E-state index contributed by atoms with van der Waals surface area (Å²) in [5, 5.41) is 20.8. The van der Waals surface area contributed by atoms with Crippen molar-refractivity contribution in [1.82, 2.24) is 10.2 Å². The summed E-state index contributed by atoms with van der Waals surface area (Å²) in [6, 6.07) is -2.39. The lowest BCUT2D eigenvalue weighted by Gasteiger charge is -2.23. The smallest absolute Gasteiger partial charge is 0.326 e. The zero-order chi connectivity index (χ0) is 14.8. The Morgan fingerprint density at radius 1 is 1.47 bits per heavy atom. The molecule has 0 spiro atoms. The molecule has 0 saturated carbocycles. The van der Waals surface area contributed by atoms with Crippen LogP contribution in [0.4, 0.5) is 4.79 Å². The molecule has 0 bridgehead atoms. The predicted molar refractivity (Wildman–Crippen MR) is 66.5 cm³/mol. The van der Waals surface area contributed by atoms with Gasteiger partial charge in [-0.2, -0.15) is 0 Å². The SMILES string of the molecule is CC(CS(C)(=O)=O)NC(=O)N1C[C@H](O)C[C@H]1C(=O)O. The quantitative estimate of drug-likeness (QED) is 0.589. The number of carbonyl (C=O) groups is 2. The first-order chi connectivity index (χ1) is 8.60. The van der Waals surface area contributed by atoms with Crippen molar-refractivity contribution in [3.05, 3.63) is 0 Å². The van der Waals surface area contributed by atoms with Crippen LogP contribution in [0.25, 0.3) is 0 Å².